The van der Waals surface area contributed by atoms with Crippen LogP contribution in [0.2, 0.25) is 0 Å². The van der Waals surface area contributed by atoms with E-state index < -0.39 is 12.1 Å². The van der Waals surface area contributed by atoms with Crippen molar-refractivity contribution < 1.29 is 24.5 Å². The summed E-state index contributed by atoms with van der Waals surface area (Å²) in [6, 6.07) is -0.630. The van der Waals surface area contributed by atoms with Gasteiger partial charge < -0.3 is 20.3 Å². The van der Waals surface area contributed by atoms with Crippen LogP contribution in [0.25, 0.3) is 0 Å². The number of hydrogen-bond donors (Lipinski definition) is 3. The van der Waals surface area contributed by atoms with E-state index in [0.29, 0.717) is 19.4 Å². The Labute approximate surface area is 423 Å². The normalized spacial score (nSPS) is 12.9. The number of unbranched alkanes of at least 4 members (excludes halogenated alkanes) is 38. The maximum absolute atomic E-state index is 12.4. The summed E-state index contributed by atoms with van der Waals surface area (Å²) in [4.78, 5) is 24.5. The Morgan fingerprint density at radius 2 is 0.735 bits per heavy atom. The molecule has 0 saturated carbocycles. The Morgan fingerprint density at radius 1 is 0.412 bits per heavy atom. The molecule has 0 aliphatic rings. The summed E-state index contributed by atoms with van der Waals surface area (Å²) in [6.07, 6.45) is 72.9. The summed E-state index contributed by atoms with van der Waals surface area (Å²) in [5.41, 5.74) is 0. The van der Waals surface area contributed by atoms with Gasteiger partial charge in [0.15, 0.2) is 0 Å². The quantitative estimate of drug-likeness (QED) is 0.0321. The fourth-order valence-corrected chi connectivity index (χ4v) is 8.95. The van der Waals surface area contributed by atoms with Gasteiger partial charge in [-0.05, 0) is 89.9 Å². The van der Waals surface area contributed by atoms with E-state index in [2.05, 4.69) is 55.6 Å². The Hall–Kier alpha value is -2.18. The molecule has 3 N–H and O–H groups in total. The second-order valence-corrected chi connectivity index (χ2v) is 20.3. The molecule has 2 atom stereocenters. The van der Waals surface area contributed by atoms with Crippen LogP contribution in [-0.4, -0.2) is 47.4 Å². The van der Waals surface area contributed by atoms with Crippen LogP contribution in [0, 0.1) is 0 Å². The average Bonchev–Trinajstić information content (AvgIpc) is 3.34. The maximum Gasteiger partial charge on any atom is 0.305 e. The number of carbonyl (C=O) groups is 2. The number of ether oxygens (including phenoxy) is 1. The minimum atomic E-state index is -0.846. The van der Waals surface area contributed by atoms with Crippen molar-refractivity contribution in [1.29, 1.82) is 0 Å². The Balaban J connectivity index is 3.41. The minimum Gasteiger partial charge on any atom is -0.466 e. The van der Waals surface area contributed by atoms with Gasteiger partial charge in [0.1, 0.15) is 0 Å². The predicted molar refractivity (Wildman–Crippen MR) is 296 cm³/mol. The van der Waals surface area contributed by atoms with Gasteiger partial charge in [-0.1, -0.05) is 255 Å². The number of hydrogen-bond acceptors (Lipinski definition) is 5. The second kappa shape index (κ2) is 57.4. The van der Waals surface area contributed by atoms with Crippen LogP contribution in [0.3, 0.4) is 0 Å². The molecule has 0 fully saturated rings. The number of amides is 1. The highest BCUT2D eigenvalue weighted by Gasteiger charge is 2.18. The van der Waals surface area contributed by atoms with Crippen LogP contribution < -0.4 is 5.32 Å². The minimum absolute atomic E-state index is 0.00199. The van der Waals surface area contributed by atoms with E-state index in [4.69, 9.17) is 4.74 Å². The lowest BCUT2D eigenvalue weighted by molar-refractivity contribution is -0.143. The van der Waals surface area contributed by atoms with Crippen LogP contribution in [0.15, 0.2) is 48.6 Å². The fourth-order valence-electron chi connectivity index (χ4n) is 8.95. The summed E-state index contributed by atoms with van der Waals surface area (Å²) in [5.74, 6) is -0.0763. The molecule has 0 aromatic rings. The highest BCUT2D eigenvalue weighted by atomic mass is 16.5. The van der Waals surface area contributed by atoms with E-state index in [-0.39, 0.29) is 18.5 Å². The highest BCUT2D eigenvalue weighted by molar-refractivity contribution is 5.76. The van der Waals surface area contributed by atoms with Crippen molar-refractivity contribution in [2.45, 2.75) is 321 Å². The predicted octanol–water partition coefficient (Wildman–Crippen LogP) is 18.6. The molecular weight excluding hydrogens is 839 g/mol. The highest BCUT2D eigenvalue weighted by Crippen LogP contribution is 2.16. The summed E-state index contributed by atoms with van der Waals surface area (Å²) >= 11 is 0. The van der Waals surface area contributed by atoms with Crippen LogP contribution in [0.5, 0.6) is 0 Å². The molecule has 0 aromatic carbocycles. The summed E-state index contributed by atoms with van der Waals surface area (Å²) < 4.78 is 5.48. The van der Waals surface area contributed by atoms with E-state index in [1.807, 2.05) is 6.08 Å². The third kappa shape index (κ3) is 53.2. The van der Waals surface area contributed by atoms with Crippen LogP contribution >= 0.6 is 0 Å². The molecule has 0 aromatic heterocycles. The number of nitrogens with one attached hydrogen (secondary N) is 1. The van der Waals surface area contributed by atoms with E-state index in [1.54, 1.807) is 6.08 Å². The van der Waals surface area contributed by atoms with Gasteiger partial charge >= 0.3 is 5.97 Å². The van der Waals surface area contributed by atoms with Crippen molar-refractivity contribution in [3.8, 4) is 0 Å². The summed E-state index contributed by atoms with van der Waals surface area (Å²) in [5, 5.41) is 23.0. The third-order valence-corrected chi connectivity index (χ3v) is 13.6. The molecule has 6 nitrogen and oxygen atoms in total. The van der Waals surface area contributed by atoms with Gasteiger partial charge in [0.2, 0.25) is 5.91 Å². The smallest absolute Gasteiger partial charge is 0.305 e. The van der Waals surface area contributed by atoms with E-state index in [1.165, 1.54) is 231 Å². The molecule has 0 rings (SSSR count). The first-order chi connectivity index (χ1) is 33.5. The van der Waals surface area contributed by atoms with Crippen molar-refractivity contribution >= 4 is 11.9 Å². The van der Waals surface area contributed by atoms with E-state index in [0.717, 1.165) is 51.4 Å². The summed E-state index contributed by atoms with van der Waals surface area (Å²) in [6.45, 7) is 4.87. The zero-order valence-corrected chi connectivity index (χ0v) is 45.3. The number of esters is 1. The first-order valence-electron chi connectivity index (χ1n) is 29.9. The zero-order chi connectivity index (χ0) is 49.3. The first kappa shape index (κ1) is 65.8. The monoisotopic (exact) mass is 954 g/mol. The number of allylic oxidation sites excluding steroid dienone is 7. The molecule has 68 heavy (non-hydrogen) atoms. The molecular formula is C62H115NO5. The van der Waals surface area contributed by atoms with Gasteiger partial charge in [-0.25, -0.2) is 0 Å². The number of carbonyl (C=O) groups excluding carboxylic acids is 2. The van der Waals surface area contributed by atoms with Crippen LogP contribution in [-0.2, 0) is 14.3 Å². The van der Waals surface area contributed by atoms with Crippen molar-refractivity contribution in [2.24, 2.45) is 0 Å². The lowest BCUT2D eigenvalue weighted by Crippen LogP contribution is -2.45. The van der Waals surface area contributed by atoms with Gasteiger partial charge in [0, 0.05) is 12.8 Å². The second-order valence-electron chi connectivity index (χ2n) is 20.3. The molecule has 0 heterocycles. The SMILES string of the molecule is CCCCCC/C=C\C/C=C\CCCCCCCC(=O)OCCCCCCCCCCCCCC/C=C\CCCCCCCCCCC(=O)NC(CO)C(O)/C=C/CCCCCCCCCCC. The van der Waals surface area contributed by atoms with Gasteiger partial charge in [-0.15, -0.1) is 0 Å². The van der Waals surface area contributed by atoms with Crippen LogP contribution in [0.1, 0.15) is 309 Å². The largest absolute Gasteiger partial charge is 0.466 e. The number of aliphatic hydroxyl groups excluding tert-OH is 2. The molecule has 398 valence electrons. The molecule has 2 unspecified atom stereocenters. The average molecular weight is 955 g/mol. The number of aliphatic hydroxyl groups is 2. The molecule has 0 aliphatic carbocycles. The molecule has 1 amide bonds. The Bertz CT molecular complexity index is 1150. The molecule has 0 radical (unpaired) electrons. The van der Waals surface area contributed by atoms with Gasteiger partial charge in [-0.3, -0.25) is 9.59 Å². The van der Waals surface area contributed by atoms with Crippen molar-refractivity contribution in [1.82, 2.24) is 5.32 Å². The van der Waals surface area contributed by atoms with Crippen LogP contribution in [0.4, 0.5) is 0 Å². The molecule has 6 heteroatoms. The Kier molecular flexibility index (Phi) is 55.6. The van der Waals surface area contributed by atoms with E-state index >= 15 is 0 Å². The topological polar surface area (TPSA) is 95.9 Å². The molecule has 0 bridgehead atoms. The van der Waals surface area contributed by atoms with Gasteiger partial charge in [0.25, 0.3) is 0 Å². The third-order valence-electron chi connectivity index (χ3n) is 13.6. The maximum atomic E-state index is 12.4. The van der Waals surface area contributed by atoms with Gasteiger partial charge in [-0.2, -0.15) is 0 Å². The zero-order valence-electron chi connectivity index (χ0n) is 45.3. The lowest BCUT2D eigenvalue weighted by Gasteiger charge is -2.20. The number of rotatable bonds is 55. The van der Waals surface area contributed by atoms with Gasteiger partial charge in [0.05, 0.1) is 25.4 Å². The molecule has 0 saturated heterocycles. The van der Waals surface area contributed by atoms with Crippen molar-refractivity contribution in [3.05, 3.63) is 48.6 Å². The Morgan fingerprint density at radius 3 is 1.15 bits per heavy atom. The molecule has 0 aliphatic heterocycles. The van der Waals surface area contributed by atoms with Crippen molar-refractivity contribution in [3.63, 3.8) is 0 Å². The van der Waals surface area contributed by atoms with Crippen molar-refractivity contribution in [2.75, 3.05) is 13.2 Å². The standard InChI is InChI=1S/C62H115NO5/c1-3-5-7-9-11-13-15-16-17-29-32-36-40-44-48-52-56-62(67)68-57-53-49-45-41-37-33-30-27-25-23-21-19-18-20-22-24-26-28-31-35-39-43-47-51-55-61(66)63-59(58-64)60(65)54-50-46-42-38-34-14-12-10-8-6-4-2/h13,15,17,20,22,29,50,54,59-60,64-65H,3-12,14,16,18-19,21,23-28,30-49,51-53,55-58H2,1-2H3,(H,63,66)/b15-13-,22-20-,29-17-,54-50+. The fraction of sp³-hybridized carbons (Fsp3) is 0.839. The van der Waals surface area contributed by atoms with E-state index in [9.17, 15) is 19.8 Å². The summed E-state index contributed by atoms with van der Waals surface area (Å²) in [7, 11) is 0. The molecule has 0 spiro atoms. The lowest BCUT2D eigenvalue weighted by atomic mass is 10.0. The first-order valence-corrected chi connectivity index (χ1v) is 29.9.